The number of carbonyl (C=O) groups excluding carboxylic acids is 1. The Morgan fingerprint density at radius 3 is 2.60 bits per heavy atom. The van der Waals surface area contributed by atoms with Crippen LogP contribution in [0, 0.1) is 5.92 Å². The second-order valence-electron chi connectivity index (χ2n) is 6.01. The normalized spacial score (nSPS) is 18.7. The van der Waals surface area contributed by atoms with Crippen molar-refractivity contribution in [1.82, 2.24) is 4.31 Å². The fourth-order valence-corrected chi connectivity index (χ4v) is 4.87. The Labute approximate surface area is 156 Å². The van der Waals surface area contributed by atoms with Crippen LogP contribution >= 0.6 is 15.9 Å². The molecule has 1 amide bonds. The molecule has 1 aliphatic heterocycles. The zero-order valence-electron chi connectivity index (χ0n) is 13.6. The Hall–Kier alpha value is -1.70. The number of piperidine rings is 1. The molecule has 1 saturated heterocycles. The number of halogens is 1. The maximum Gasteiger partial charge on any atom is 0.243 e. The second kappa shape index (κ2) is 7.68. The zero-order valence-corrected chi connectivity index (χ0v) is 16.0. The molecule has 0 radical (unpaired) electrons. The number of nitrogens with one attached hydrogen (secondary N) is 1. The molecule has 0 unspecified atom stereocenters. The molecule has 2 aromatic rings. The summed E-state index contributed by atoms with van der Waals surface area (Å²) in [5, 5.41) is 2.87. The van der Waals surface area contributed by atoms with E-state index in [4.69, 9.17) is 0 Å². The first-order chi connectivity index (χ1) is 12.0. The van der Waals surface area contributed by atoms with Crippen molar-refractivity contribution >= 4 is 37.5 Å². The van der Waals surface area contributed by atoms with E-state index in [1.54, 1.807) is 30.3 Å². The van der Waals surface area contributed by atoms with Gasteiger partial charge in [0, 0.05) is 23.2 Å². The van der Waals surface area contributed by atoms with Crippen molar-refractivity contribution in [3.63, 3.8) is 0 Å². The molecule has 25 heavy (non-hydrogen) atoms. The smallest absolute Gasteiger partial charge is 0.243 e. The SMILES string of the molecule is O=C(Nc1cccc(Br)c1)[C@@H]1CCCN(S(=O)(=O)c2ccccc2)C1. The van der Waals surface area contributed by atoms with Crippen LogP contribution in [0.5, 0.6) is 0 Å². The van der Waals surface area contributed by atoms with Crippen LogP contribution in [0.3, 0.4) is 0 Å². The molecule has 1 atom stereocenters. The summed E-state index contributed by atoms with van der Waals surface area (Å²) in [6.45, 7) is 0.648. The highest BCUT2D eigenvalue weighted by Gasteiger charge is 2.33. The van der Waals surface area contributed by atoms with Crippen molar-refractivity contribution < 1.29 is 13.2 Å². The number of hydrogen-bond donors (Lipinski definition) is 1. The summed E-state index contributed by atoms with van der Waals surface area (Å²) < 4.78 is 27.8. The molecule has 3 rings (SSSR count). The van der Waals surface area contributed by atoms with Crippen molar-refractivity contribution in [2.45, 2.75) is 17.7 Å². The average Bonchev–Trinajstić information content (AvgIpc) is 2.62. The van der Waals surface area contributed by atoms with Gasteiger partial charge in [-0.3, -0.25) is 4.79 Å². The van der Waals surface area contributed by atoms with Crippen molar-refractivity contribution in [2.24, 2.45) is 5.92 Å². The monoisotopic (exact) mass is 422 g/mol. The molecule has 1 heterocycles. The quantitative estimate of drug-likeness (QED) is 0.819. The van der Waals surface area contributed by atoms with E-state index >= 15 is 0 Å². The van der Waals surface area contributed by atoms with Gasteiger partial charge in [-0.05, 0) is 43.2 Å². The van der Waals surface area contributed by atoms with E-state index in [0.29, 0.717) is 25.1 Å². The highest BCUT2D eigenvalue weighted by Crippen LogP contribution is 2.25. The molecular weight excluding hydrogens is 404 g/mol. The molecule has 0 spiro atoms. The first-order valence-corrected chi connectivity index (χ1v) is 10.3. The molecular formula is C18H19BrN2O3S. The van der Waals surface area contributed by atoms with Crippen LogP contribution in [-0.4, -0.2) is 31.7 Å². The number of carbonyl (C=O) groups is 1. The van der Waals surface area contributed by atoms with Gasteiger partial charge in [0.1, 0.15) is 0 Å². The second-order valence-corrected chi connectivity index (χ2v) is 8.87. The molecule has 1 fully saturated rings. The summed E-state index contributed by atoms with van der Waals surface area (Å²) in [5.74, 6) is -0.503. The van der Waals surface area contributed by atoms with E-state index in [1.807, 2.05) is 24.3 Å². The number of anilines is 1. The van der Waals surface area contributed by atoms with Crippen molar-refractivity contribution in [2.75, 3.05) is 18.4 Å². The van der Waals surface area contributed by atoms with Gasteiger partial charge in [0.25, 0.3) is 0 Å². The highest BCUT2D eigenvalue weighted by molar-refractivity contribution is 9.10. The maximum absolute atomic E-state index is 12.7. The van der Waals surface area contributed by atoms with Crippen LogP contribution in [0.25, 0.3) is 0 Å². The molecule has 0 bridgehead atoms. The van der Waals surface area contributed by atoms with Gasteiger partial charge in [0.05, 0.1) is 10.8 Å². The Balaban J connectivity index is 1.71. The van der Waals surface area contributed by atoms with Crippen molar-refractivity contribution in [1.29, 1.82) is 0 Å². The Kier molecular flexibility index (Phi) is 5.56. The molecule has 7 heteroatoms. The van der Waals surface area contributed by atoms with E-state index in [0.717, 1.165) is 4.47 Å². The minimum atomic E-state index is -3.56. The van der Waals surface area contributed by atoms with E-state index in [9.17, 15) is 13.2 Å². The van der Waals surface area contributed by atoms with E-state index in [2.05, 4.69) is 21.2 Å². The molecule has 132 valence electrons. The van der Waals surface area contributed by atoms with Gasteiger partial charge >= 0.3 is 0 Å². The molecule has 0 aromatic heterocycles. The van der Waals surface area contributed by atoms with Gasteiger partial charge in [-0.2, -0.15) is 4.31 Å². The van der Waals surface area contributed by atoms with E-state index in [-0.39, 0.29) is 23.3 Å². The first kappa shape index (κ1) is 18.1. The highest BCUT2D eigenvalue weighted by atomic mass is 79.9. The lowest BCUT2D eigenvalue weighted by Crippen LogP contribution is -2.43. The number of rotatable bonds is 4. The molecule has 1 aliphatic rings. The van der Waals surface area contributed by atoms with E-state index < -0.39 is 10.0 Å². The first-order valence-electron chi connectivity index (χ1n) is 8.08. The van der Waals surface area contributed by atoms with Crippen LogP contribution < -0.4 is 5.32 Å². The minimum absolute atomic E-state index is 0.147. The van der Waals surface area contributed by atoms with Gasteiger partial charge in [0.15, 0.2) is 0 Å². The maximum atomic E-state index is 12.7. The summed E-state index contributed by atoms with van der Waals surface area (Å²) in [6, 6.07) is 15.7. The number of benzene rings is 2. The zero-order chi connectivity index (χ0) is 17.9. The number of nitrogens with zero attached hydrogens (tertiary/aromatic N) is 1. The summed E-state index contributed by atoms with van der Waals surface area (Å²) in [4.78, 5) is 12.8. The molecule has 2 aromatic carbocycles. The third kappa shape index (κ3) is 4.29. The largest absolute Gasteiger partial charge is 0.326 e. The predicted molar refractivity (Wildman–Crippen MR) is 101 cm³/mol. The summed E-state index contributed by atoms with van der Waals surface area (Å²) in [7, 11) is -3.56. The van der Waals surface area contributed by atoms with Gasteiger partial charge in [-0.25, -0.2) is 8.42 Å². The van der Waals surface area contributed by atoms with E-state index in [1.165, 1.54) is 4.31 Å². The minimum Gasteiger partial charge on any atom is -0.326 e. The van der Waals surface area contributed by atoms with Crippen LogP contribution in [-0.2, 0) is 14.8 Å². The van der Waals surface area contributed by atoms with Crippen molar-refractivity contribution in [3.05, 3.63) is 59.1 Å². The number of amides is 1. The average molecular weight is 423 g/mol. The van der Waals surface area contributed by atoms with Gasteiger partial charge in [-0.15, -0.1) is 0 Å². The fraction of sp³-hybridized carbons (Fsp3) is 0.278. The number of sulfonamides is 1. The molecule has 0 saturated carbocycles. The van der Waals surface area contributed by atoms with Crippen LogP contribution in [0.4, 0.5) is 5.69 Å². The topological polar surface area (TPSA) is 66.5 Å². The van der Waals surface area contributed by atoms with Crippen LogP contribution in [0.2, 0.25) is 0 Å². The lowest BCUT2D eigenvalue weighted by molar-refractivity contribution is -0.120. The van der Waals surface area contributed by atoms with Crippen molar-refractivity contribution in [3.8, 4) is 0 Å². The molecule has 1 N–H and O–H groups in total. The third-order valence-corrected chi connectivity index (χ3v) is 6.60. The van der Waals surface area contributed by atoms with Gasteiger partial charge in [-0.1, -0.05) is 40.2 Å². The Morgan fingerprint density at radius 2 is 1.88 bits per heavy atom. The Morgan fingerprint density at radius 1 is 1.12 bits per heavy atom. The molecule has 5 nitrogen and oxygen atoms in total. The summed E-state index contributed by atoms with van der Waals surface area (Å²) in [5.41, 5.74) is 0.697. The Bertz CT molecular complexity index is 856. The van der Waals surface area contributed by atoms with Gasteiger partial charge in [0.2, 0.25) is 15.9 Å². The van der Waals surface area contributed by atoms with Crippen LogP contribution in [0.1, 0.15) is 12.8 Å². The van der Waals surface area contributed by atoms with Crippen LogP contribution in [0.15, 0.2) is 64.0 Å². The lowest BCUT2D eigenvalue weighted by Gasteiger charge is -2.31. The molecule has 0 aliphatic carbocycles. The lowest BCUT2D eigenvalue weighted by atomic mass is 9.99. The third-order valence-electron chi connectivity index (χ3n) is 4.23. The standard InChI is InChI=1S/C18H19BrN2O3S/c19-15-7-4-8-16(12-15)20-18(22)14-6-5-11-21(13-14)25(23,24)17-9-2-1-3-10-17/h1-4,7-10,12,14H,5-6,11,13H2,(H,20,22)/t14-/m1/s1. The summed E-state index contributed by atoms with van der Waals surface area (Å²) >= 11 is 3.37. The van der Waals surface area contributed by atoms with Gasteiger partial charge < -0.3 is 5.32 Å². The summed E-state index contributed by atoms with van der Waals surface area (Å²) in [6.07, 6.45) is 1.35. The fourth-order valence-electron chi connectivity index (χ4n) is 2.93. The number of hydrogen-bond acceptors (Lipinski definition) is 3. The predicted octanol–water partition coefficient (Wildman–Crippen LogP) is 3.49.